The highest BCUT2D eigenvalue weighted by molar-refractivity contribution is 7.88. The third-order valence-corrected chi connectivity index (χ3v) is 4.62. The Morgan fingerprint density at radius 1 is 1.14 bits per heavy atom. The van der Waals surface area contributed by atoms with Crippen LogP contribution in [0.25, 0.3) is 10.9 Å². The Kier molecular flexibility index (Phi) is 3.51. The molecule has 0 aliphatic heterocycles. The lowest BCUT2D eigenvalue weighted by atomic mass is 9.90. The molecule has 2 aromatic rings. The van der Waals surface area contributed by atoms with E-state index in [2.05, 4.69) is 9.17 Å². The summed E-state index contributed by atoms with van der Waals surface area (Å²) in [5, 5.41) is 0.354. The second-order valence-corrected chi connectivity index (χ2v) is 6.64. The van der Waals surface area contributed by atoms with Gasteiger partial charge >= 0.3 is 15.6 Å². The van der Waals surface area contributed by atoms with Crippen molar-refractivity contribution in [3.8, 4) is 5.75 Å². The Hall–Kier alpha value is -1.83. The largest absolute Gasteiger partial charge is 0.534 e. The maximum Gasteiger partial charge on any atom is 0.534 e. The topological polar surface area (TPSA) is 56.3 Å². The number of aromatic nitrogens is 1. The molecule has 0 unspecified atom stereocenters. The first-order valence-corrected chi connectivity index (χ1v) is 8.11. The van der Waals surface area contributed by atoms with E-state index in [-0.39, 0.29) is 5.75 Å². The number of nitrogens with zero attached hydrogens (tertiary/aromatic N) is 1. The van der Waals surface area contributed by atoms with Crippen LogP contribution in [-0.4, -0.2) is 18.9 Å². The molecule has 1 aliphatic carbocycles. The molecule has 3 rings (SSSR count). The lowest BCUT2D eigenvalue weighted by Gasteiger charge is -2.19. The van der Waals surface area contributed by atoms with E-state index in [4.69, 9.17) is 0 Å². The summed E-state index contributed by atoms with van der Waals surface area (Å²) in [6, 6.07) is 4.27. The van der Waals surface area contributed by atoms with Crippen LogP contribution in [0.15, 0.2) is 24.4 Å². The minimum atomic E-state index is -5.70. The molecule has 0 bridgehead atoms. The van der Waals surface area contributed by atoms with Crippen molar-refractivity contribution in [1.82, 2.24) is 4.98 Å². The third-order valence-electron chi connectivity index (χ3n) is 3.66. The second kappa shape index (κ2) is 5.12. The number of halogens is 3. The molecule has 0 fully saturated rings. The predicted molar refractivity (Wildman–Crippen MR) is 74.0 cm³/mol. The van der Waals surface area contributed by atoms with Gasteiger partial charge in [-0.2, -0.15) is 21.6 Å². The van der Waals surface area contributed by atoms with Crippen LogP contribution in [0.4, 0.5) is 13.2 Å². The summed E-state index contributed by atoms with van der Waals surface area (Å²) >= 11 is 0. The Labute approximate surface area is 125 Å². The Morgan fingerprint density at radius 2 is 1.86 bits per heavy atom. The Bertz CT molecular complexity index is 831. The highest BCUT2D eigenvalue weighted by Gasteiger charge is 2.48. The number of rotatable bonds is 2. The van der Waals surface area contributed by atoms with Crippen molar-refractivity contribution in [3.05, 3.63) is 35.5 Å². The van der Waals surface area contributed by atoms with E-state index in [0.717, 1.165) is 30.4 Å². The number of aryl methyl sites for hydroxylation is 2. The van der Waals surface area contributed by atoms with Gasteiger partial charge in [0.05, 0.1) is 5.52 Å². The van der Waals surface area contributed by atoms with Gasteiger partial charge < -0.3 is 4.18 Å². The number of benzene rings is 1. The van der Waals surface area contributed by atoms with Crippen LogP contribution in [-0.2, 0) is 23.0 Å². The normalized spacial score (nSPS) is 15.6. The van der Waals surface area contributed by atoms with Gasteiger partial charge in [-0.05, 0) is 48.9 Å². The minimum absolute atomic E-state index is 0.318. The zero-order valence-corrected chi connectivity index (χ0v) is 12.2. The third kappa shape index (κ3) is 2.51. The first-order chi connectivity index (χ1) is 10.3. The van der Waals surface area contributed by atoms with Crippen molar-refractivity contribution in [2.75, 3.05) is 0 Å². The molecule has 0 saturated heterocycles. The molecule has 8 heteroatoms. The molecule has 0 radical (unpaired) electrons. The minimum Gasteiger partial charge on any atom is -0.375 e. The van der Waals surface area contributed by atoms with Gasteiger partial charge in [-0.1, -0.05) is 6.07 Å². The highest BCUT2D eigenvalue weighted by Crippen LogP contribution is 2.36. The van der Waals surface area contributed by atoms with Gasteiger partial charge in [-0.3, -0.25) is 4.98 Å². The van der Waals surface area contributed by atoms with Gasteiger partial charge in [0.15, 0.2) is 5.75 Å². The summed E-state index contributed by atoms with van der Waals surface area (Å²) in [7, 11) is -5.70. The van der Waals surface area contributed by atoms with Gasteiger partial charge in [0.25, 0.3) is 0 Å². The van der Waals surface area contributed by atoms with Gasteiger partial charge in [0.2, 0.25) is 0 Å². The van der Waals surface area contributed by atoms with E-state index < -0.39 is 15.6 Å². The molecule has 0 saturated carbocycles. The smallest absolute Gasteiger partial charge is 0.375 e. The molecule has 0 atom stereocenters. The standard InChI is InChI=1S/C14H12F3NO3S/c15-14(16,17)22(19,20)21-12-7-3-6-11-13(12)10-5-2-1-4-9(10)8-18-11/h3,6-8H,1-2,4-5H2. The molecule has 1 heterocycles. The molecular formula is C14H12F3NO3S. The van der Waals surface area contributed by atoms with Crippen molar-refractivity contribution in [2.45, 2.75) is 31.2 Å². The first-order valence-electron chi connectivity index (χ1n) is 6.70. The molecule has 0 spiro atoms. The van der Waals surface area contributed by atoms with E-state index in [1.165, 1.54) is 12.1 Å². The lowest BCUT2D eigenvalue weighted by Crippen LogP contribution is -2.28. The zero-order chi connectivity index (χ0) is 16.0. The van der Waals surface area contributed by atoms with Crippen LogP contribution in [0.5, 0.6) is 5.75 Å². The second-order valence-electron chi connectivity index (χ2n) is 5.10. The van der Waals surface area contributed by atoms with Crippen molar-refractivity contribution < 1.29 is 25.8 Å². The first kappa shape index (κ1) is 15.1. The monoisotopic (exact) mass is 331 g/mol. The average Bonchev–Trinajstić information content (AvgIpc) is 2.45. The molecule has 4 nitrogen and oxygen atoms in total. The summed E-state index contributed by atoms with van der Waals surface area (Å²) in [6.07, 6.45) is 5.01. The fourth-order valence-electron chi connectivity index (χ4n) is 2.67. The summed E-state index contributed by atoms with van der Waals surface area (Å²) < 4.78 is 64.5. The van der Waals surface area contributed by atoms with Gasteiger partial charge in [-0.25, -0.2) is 0 Å². The van der Waals surface area contributed by atoms with Crippen LogP contribution in [0, 0.1) is 0 Å². The van der Waals surface area contributed by atoms with Crippen LogP contribution < -0.4 is 4.18 Å². The van der Waals surface area contributed by atoms with Crippen molar-refractivity contribution >= 4 is 21.0 Å². The number of pyridine rings is 1. The molecule has 1 aromatic heterocycles. The van der Waals surface area contributed by atoms with Crippen molar-refractivity contribution in [3.63, 3.8) is 0 Å². The van der Waals surface area contributed by atoms with Crippen molar-refractivity contribution in [1.29, 1.82) is 0 Å². The average molecular weight is 331 g/mol. The summed E-state index contributed by atoms with van der Waals surface area (Å²) in [5.41, 5.74) is -3.28. The van der Waals surface area contributed by atoms with Gasteiger partial charge in [0.1, 0.15) is 0 Å². The Morgan fingerprint density at radius 3 is 2.59 bits per heavy atom. The maximum atomic E-state index is 12.5. The summed E-state index contributed by atoms with van der Waals surface area (Å²) in [4.78, 5) is 4.19. The lowest BCUT2D eigenvalue weighted by molar-refractivity contribution is -0.0499. The van der Waals surface area contributed by atoms with E-state index in [9.17, 15) is 21.6 Å². The maximum absolute atomic E-state index is 12.5. The number of hydrogen-bond donors (Lipinski definition) is 0. The molecule has 118 valence electrons. The summed E-state index contributed by atoms with van der Waals surface area (Å²) in [6.45, 7) is 0. The number of alkyl halides is 3. The van der Waals surface area contributed by atoms with E-state index in [1.807, 2.05) is 0 Å². The van der Waals surface area contributed by atoms with Crippen LogP contribution in [0.3, 0.4) is 0 Å². The fourth-order valence-corrected chi connectivity index (χ4v) is 3.14. The van der Waals surface area contributed by atoms with Crippen LogP contribution in [0.1, 0.15) is 24.0 Å². The SMILES string of the molecule is O=S(=O)(Oc1cccc2ncc3c(c12)CCCC3)C(F)(F)F. The highest BCUT2D eigenvalue weighted by atomic mass is 32.2. The fraction of sp³-hybridized carbons (Fsp3) is 0.357. The van der Waals surface area contributed by atoms with E-state index in [1.54, 1.807) is 12.3 Å². The van der Waals surface area contributed by atoms with Crippen LogP contribution >= 0.6 is 0 Å². The molecule has 1 aliphatic rings. The molecule has 1 aromatic carbocycles. The summed E-state index contributed by atoms with van der Waals surface area (Å²) in [5.74, 6) is -0.318. The van der Waals surface area contributed by atoms with Gasteiger partial charge in [0, 0.05) is 11.6 Å². The molecule has 0 N–H and O–H groups in total. The molecule has 22 heavy (non-hydrogen) atoms. The predicted octanol–water partition coefficient (Wildman–Crippen LogP) is 3.34. The van der Waals surface area contributed by atoms with Gasteiger partial charge in [-0.15, -0.1) is 0 Å². The number of hydrogen-bond acceptors (Lipinski definition) is 4. The van der Waals surface area contributed by atoms with E-state index >= 15 is 0 Å². The zero-order valence-electron chi connectivity index (χ0n) is 11.4. The van der Waals surface area contributed by atoms with E-state index in [0.29, 0.717) is 17.3 Å². The van der Waals surface area contributed by atoms with Crippen molar-refractivity contribution in [2.24, 2.45) is 0 Å². The molecule has 0 amide bonds. The molecular weight excluding hydrogens is 319 g/mol. The van der Waals surface area contributed by atoms with Crippen LogP contribution in [0.2, 0.25) is 0 Å². The quantitative estimate of drug-likeness (QED) is 0.625. The Balaban J connectivity index is 2.18. The number of fused-ring (bicyclic) bond motifs is 3.